The second-order valence-corrected chi connectivity index (χ2v) is 10.1. The number of hydrogen-bond acceptors (Lipinski definition) is 3. The van der Waals surface area contributed by atoms with Gasteiger partial charge in [0.2, 0.25) is 0 Å². The number of nitrogens with zero attached hydrogens (tertiary/aromatic N) is 2. The largest absolute Gasteiger partial charge is 0.491 e. The van der Waals surface area contributed by atoms with Gasteiger partial charge in [-0.25, -0.2) is 0 Å². The van der Waals surface area contributed by atoms with Crippen molar-refractivity contribution in [3.05, 3.63) is 98.5 Å². The van der Waals surface area contributed by atoms with Crippen molar-refractivity contribution >= 4 is 46.6 Å². The Balaban J connectivity index is 1.74. The molecule has 36 heavy (non-hydrogen) atoms. The Morgan fingerprint density at radius 3 is 2.36 bits per heavy atom. The zero-order valence-electron chi connectivity index (χ0n) is 19.9. The van der Waals surface area contributed by atoms with E-state index >= 15 is 0 Å². The van der Waals surface area contributed by atoms with Gasteiger partial charge in [-0.15, -0.1) is 0 Å². The second kappa shape index (κ2) is 12.0. The van der Waals surface area contributed by atoms with E-state index in [1.807, 2.05) is 30.3 Å². The lowest BCUT2D eigenvalue weighted by Gasteiger charge is -2.33. The zero-order chi connectivity index (χ0) is 25.7. The molecule has 188 valence electrons. The van der Waals surface area contributed by atoms with Crippen LogP contribution in [-0.2, 0) is 6.42 Å². The molecule has 0 bridgehead atoms. The fourth-order valence-electron chi connectivity index (χ4n) is 4.36. The lowest BCUT2D eigenvalue weighted by atomic mass is 10.0. The van der Waals surface area contributed by atoms with E-state index in [1.165, 1.54) is 0 Å². The van der Waals surface area contributed by atoms with Crippen LogP contribution in [-0.4, -0.2) is 54.4 Å². The van der Waals surface area contributed by atoms with E-state index in [0.29, 0.717) is 52.3 Å². The molecule has 0 N–H and O–H groups in total. The highest BCUT2D eigenvalue weighted by Gasteiger charge is 2.29. The number of carbonyl (C=O) groups is 2. The van der Waals surface area contributed by atoms with Gasteiger partial charge < -0.3 is 14.5 Å². The van der Waals surface area contributed by atoms with Crippen molar-refractivity contribution in [1.29, 1.82) is 0 Å². The normalized spacial score (nSPS) is 17.0. The van der Waals surface area contributed by atoms with Gasteiger partial charge in [0.05, 0.1) is 27.2 Å². The summed E-state index contributed by atoms with van der Waals surface area (Å²) >= 11 is 19.1. The van der Waals surface area contributed by atoms with Crippen LogP contribution in [0.25, 0.3) is 0 Å². The van der Waals surface area contributed by atoms with E-state index in [-0.39, 0.29) is 30.0 Å². The van der Waals surface area contributed by atoms with Crippen molar-refractivity contribution in [3.8, 4) is 5.75 Å². The fraction of sp³-hybridized carbons (Fsp3) is 0.286. The zero-order valence-corrected chi connectivity index (χ0v) is 22.2. The predicted molar refractivity (Wildman–Crippen MR) is 145 cm³/mol. The van der Waals surface area contributed by atoms with E-state index in [2.05, 4.69) is 0 Å². The summed E-state index contributed by atoms with van der Waals surface area (Å²) < 4.78 is 6.23. The van der Waals surface area contributed by atoms with Crippen molar-refractivity contribution in [3.63, 3.8) is 0 Å². The summed E-state index contributed by atoms with van der Waals surface area (Å²) in [4.78, 5) is 30.4. The summed E-state index contributed by atoms with van der Waals surface area (Å²) in [6, 6.07) is 19.7. The van der Waals surface area contributed by atoms with Gasteiger partial charge in [-0.1, -0.05) is 71.2 Å². The van der Waals surface area contributed by atoms with Crippen LogP contribution in [0.3, 0.4) is 0 Å². The van der Waals surface area contributed by atoms with E-state index in [0.717, 1.165) is 12.0 Å². The molecule has 2 amide bonds. The summed E-state index contributed by atoms with van der Waals surface area (Å²) in [5, 5.41) is 1.07. The Kier molecular flexibility index (Phi) is 8.78. The van der Waals surface area contributed by atoms with Crippen molar-refractivity contribution in [2.24, 2.45) is 0 Å². The topological polar surface area (TPSA) is 49.9 Å². The maximum Gasteiger partial charge on any atom is 0.257 e. The van der Waals surface area contributed by atoms with E-state index < -0.39 is 0 Å². The molecule has 3 aromatic carbocycles. The number of halogens is 3. The molecule has 0 aliphatic carbocycles. The molecule has 0 saturated carbocycles. The Morgan fingerprint density at radius 2 is 1.64 bits per heavy atom. The minimum Gasteiger partial charge on any atom is -0.491 e. The number of carbonyl (C=O) groups excluding carboxylic acids is 2. The highest BCUT2D eigenvalue weighted by Crippen LogP contribution is 2.29. The van der Waals surface area contributed by atoms with Gasteiger partial charge in [-0.2, -0.15) is 0 Å². The van der Waals surface area contributed by atoms with Crippen molar-refractivity contribution in [2.45, 2.75) is 25.3 Å². The molecular formula is C28H27Cl3N2O3. The number of fused-ring (bicyclic) bond motifs is 1. The molecule has 0 unspecified atom stereocenters. The van der Waals surface area contributed by atoms with Crippen LogP contribution >= 0.6 is 34.8 Å². The predicted octanol–water partition coefficient (Wildman–Crippen LogP) is 6.65. The van der Waals surface area contributed by atoms with Crippen molar-refractivity contribution in [1.82, 2.24) is 9.80 Å². The third kappa shape index (κ3) is 6.15. The van der Waals surface area contributed by atoms with Crippen LogP contribution in [0.4, 0.5) is 0 Å². The monoisotopic (exact) mass is 544 g/mol. The highest BCUT2D eigenvalue weighted by molar-refractivity contribution is 6.39. The third-order valence-corrected chi connectivity index (χ3v) is 7.15. The summed E-state index contributed by atoms with van der Waals surface area (Å²) in [6.45, 7) is 1.17. The maximum absolute atomic E-state index is 13.9. The molecule has 8 heteroatoms. The van der Waals surface area contributed by atoms with E-state index in [4.69, 9.17) is 39.5 Å². The van der Waals surface area contributed by atoms with Crippen LogP contribution < -0.4 is 4.74 Å². The maximum atomic E-state index is 13.9. The second-order valence-electron chi connectivity index (χ2n) is 8.82. The molecule has 0 aromatic heterocycles. The summed E-state index contributed by atoms with van der Waals surface area (Å²) in [5.74, 6) is 0.0366. The van der Waals surface area contributed by atoms with Gasteiger partial charge in [0.1, 0.15) is 12.4 Å². The van der Waals surface area contributed by atoms with Crippen LogP contribution in [0.5, 0.6) is 5.75 Å². The molecule has 1 heterocycles. The summed E-state index contributed by atoms with van der Waals surface area (Å²) in [5.41, 5.74) is 1.75. The number of ether oxygens (including phenoxy) is 1. The average molecular weight is 546 g/mol. The smallest absolute Gasteiger partial charge is 0.257 e. The number of rotatable bonds is 3. The molecule has 1 atom stereocenters. The minimum atomic E-state index is -0.331. The van der Waals surface area contributed by atoms with Crippen LogP contribution in [0.1, 0.15) is 39.1 Å². The molecule has 0 radical (unpaired) electrons. The van der Waals surface area contributed by atoms with Gasteiger partial charge in [0.15, 0.2) is 0 Å². The summed E-state index contributed by atoms with van der Waals surface area (Å²) in [7, 11) is 1.75. The fourth-order valence-corrected chi connectivity index (χ4v) is 5.09. The van der Waals surface area contributed by atoms with Crippen LogP contribution in [0.15, 0.2) is 66.7 Å². The van der Waals surface area contributed by atoms with Crippen molar-refractivity contribution in [2.75, 3.05) is 26.7 Å². The lowest BCUT2D eigenvalue weighted by molar-refractivity contribution is 0.0591. The highest BCUT2D eigenvalue weighted by atomic mass is 35.5. The van der Waals surface area contributed by atoms with E-state index in [9.17, 15) is 9.59 Å². The number of amides is 2. The Bertz CT molecular complexity index is 1220. The quantitative estimate of drug-likeness (QED) is 0.370. The SMILES string of the molecule is CN1CCCCN(C(=O)c2c(Cl)cccc2Cl)[C@@H](Cc2ccccc2)COc2ccc(Cl)cc2C1=O. The Morgan fingerprint density at radius 1 is 0.944 bits per heavy atom. The van der Waals surface area contributed by atoms with E-state index in [1.54, 1.807) is 53.2 Å². The number of benzene rings is 3. The van der Waals surface area contributed by atoms with Crippen LogP contribution in [0.2, 0.25) is 15.1 Å². The molecular weight excluding hydrogens is 519 g/mol. The van der Waals surface area contributed by atoms with Crippen LogP contribution in [0, 0.1) is 0 Å². The Hall–Kier alpha value is -2.73. The molecule has 0 saturated heterocycles. The first-order valence-electron chi connectivity index (χ1n) is 11.8. The minimum absolute atomic E-state index is 0.150. The molecule has 4 rings (SSSR count). The van der Waals surface area contributed by atoms with Gasteiger partial charge in [-0.05, 0) is 55.2 Å². The lowest BCUT2D eigenvalue weighted by Crippen LogP contribution is -2.46. The van der Waals surface area contributed by atoms with Gasteiger partial charge in [0.25, 0.3) is 11.8 Å². The molecule has 0 fully saturated rings. The molecule has 1 aliphatic heterocycles. The van der Waals surface area contributed by atoms with Gasteiger partial charge in [-0.3, -0.25) is 9.59 Å². The van der Waals surface area contributed by atoms with Gasteiger partial charge in [0, 0.05) is 25.2 Å². The molecule has 5 nitrogen and oxygen atoms in total. The molecule has 0 spiro atoms. The van der Waals surface area contributed by atoms with Crippen molar-refractivity contribution < 1.29 is 14.3 Å². The average Bonchev–Trinajstić information content (AvgIpc) is 2.86. The molecule has 3 aromatic rings. The molecule has 1 aliphatic rings. The first kappa shape index (κ1) is 26.3. The number of hydrogen-bond donors (Lipinski definition) is 0. The first-order chi connectivity index (χ1) is 17.3. The Labute approximate surface area is 226 Å². The summed E-state index contributed by atoms with van der Waals surface area (Å²) in [6.07, 6.45) is 1.97. The van der Waals surface area contributed by atoms with Gasteiger partial charge >= 0.3 is 0 Å². The standard InChI is InChI=1S/C28H27Cl3N2O3/c1-32-14-5-6-15-33(28(35)26-23(30)10-7-11-24(26)31)21(16-19-8-3-2-4-9-19)18-36-25-13-12-20(29)17-22(25)27(32)34/h2-4,7-13,17,21H,5-6,14-16,18H2,1H3/t21-/m0/s1. The third-order valence-electron chi connectivity index (χ3n) is 6.28. The first-order valence-corrected chi connectivity index (χ1v) is 12.9.